The lowest BCUT2D eigenvalue weighted by Crippen LogP contribution is -2.27. The third-order valence-electron chi connectivity index (χ3n) is 5.13. The summed E-state index contributed by atoms with van der Waals surface area (Å²) in [6.45, 7) is 2.16. The highest BCUT2D eigenvalue weighted by molar-refractivity contribution is 5.96. The number of Topliss-reactive ketones (excluding diaryl/α,β-unsaturated/α-hetero) is 1. The van der Waals surface area contributed by atoms with Gasteiger partial charge in [0, 0.05) is 18.7 Å². The van der Waals surface area contributed by atoms with Crippen LogP contribution in [0.5, 0.6) is 5.88 Å². The van der Waals surface area contributed by atoms with E-state index in [0.29, 0.717) is 12.2 Å². The SMILES string of the molecule is CN1CCc2ccc(C(=O)Cn3cnc(OCc4ccccc4)cc3=O)cc2C1. The molecular formula is C23H23N3O3. The van der Waals surface area contributed by atoms with Crippen molar-refractivity contribution < 1.29 is 9.53 Å². The van der Waals surface area contributed by atoms with Crippen molar-refractivity contribution in [1.82, 2.24) is 14.5 Å². The third kappa shape index (κ3) is 4.60. The molecule has 1 aliphatic rings. The number of hydrogen-bond acceptors (Lipinski definition) is 5. The number of ether oxygens (including phenoxy) is 1. The van der Waals surface area contributed by atoms with Crippen LogP contribution in [-0.4, -0.2) is 33.8 Å². The van der Waals surface area contributed by atoms with E-state index in [1.54, 1.807) is 0 Å². The van der Waals surface area contributed by atoms with Crippen LogP contribution in [0.4, 0.5) is 0 Å². The van der Waals surface area contributed by atoms with E-state index in [-0.39, 0.29) is 23.8 Å². The highest BCUT2D eigenvalue weighted by Gasteiger charge is 2.16. The van der Waals surface area contributed by atoms with Gasteiger partial charge < -0.3 is 9.64 Å². The smallest absolute Gasteiger partial charge is 0.257 e. The van der Waals surface area contributed by atoms with E-state index >= 15 is 0 Å². The van der Waals surface area contributed by atoms with E-state index in [0.717, 1.165) is 25.1 Å². The molecular weight excluding hydrogens is 366 g/mol. The van der Waals surface area contributed by atoms with Gasteiger partial charge in [-0.3, -0.25) is 14.2 Å². The van der Waals surface area contributed by atoms with Crippen molar-refractivity contribution in [2.24, 2.45) is 0 Å². The summed E-state index contributed by atoms with van der Waals surface area (Å²) >= 11 is 0. The van der Waals surface area contributed by atoms with Gasteiger partial charge in [0.15, 0.2) is 5.78 Å². The summed E-state index contributed by atoms with van der Waals surface area (Å²) in [5.74, 6) is 0.141. The topological polar surface area (TPSA) is 64.4 Å². The Kier molecular flexibility index (Phi) is 5.53. The van der Waals surface area contributed by atoms with Gasteiger partial charge >= 0.3 is 0 Å². The number of nitrogens with zero attached hydrogens (tertiary/aromatic N) is 3. The average Bonchev–Trinajstić information content (AvgIpc) is 2.74. The fourth-order valence-corrected chi connectivity index (χ4v) is 3.46. The van der Waals surface area contributed by atoms with E-state index in [9.17, 15) is 9.59 Å². The second-order valence-corrected chi connectivity index (χ2v) is 7.36. The van der Waals surface area contributed by atoms with E-state index < -0.39 is 0 Å². The first-order valence-electron chi connectivity index (χ1n) is 9.65. The molecule has 0 saturated carbocycles. The van der Waals surface area contributed by atoms with Crippen LogP contribution < -0.4 is 10.3 Å². The molecule has 0 amide bonds. The van der Waals surface area contributed by atoms with Gasteiger partial charge in [0.1, 0.15) is 12.9 Å². The highest BCUT2D eigenvalue weighted by Crippen LogP contribution is 2.20. The molecule has 0 bridgehead atoms. The summed E-state index contributed by atoms with van der Waals surface area (Å²) < 4.78 is 6.88. The summed E-state index contributed by atoms with van der Waals surface area (Å²) in [5.41, 5.74) is 3.77. The number of ketones is 1. The Labute approximate surface area is 169 Å². The average molecular weight is 389 g/mol. The highest BCUT2D eigenvalue weighted by atomic mass is 16.5. The molecule has 0 saturated heterocycles. The number of rotatable bonds is 6. The Bertz CT molecular complexity index is 1080. The molecule has 148 valence electrons. The molecule has 0 fully saturated rings. The number of benzene rings is 2. The number of carbonyl (C=O) groups is 1. The molecule has 6 heteroatoms. The zero-order chi connectivity index (χ0) is 20.2. The maximum Gasteiger partial charge on any atom is 0.257 e. The lowest BCUT2D eigenvalue weighted by Gasteiger charge is -2.25. The van der Waals surface area contributed by atoms with Crippen LogP contribution in [0.15, 0.2) is 65.7 Å². The Morgan fingerprint density at radius 1 is 1.10 bits per heavy atom. The third-order valence-corrected chi connectivity index (χ3v) is 5.13. The van der Waals surface area contributed by atoms with Gasteiger partial charge in [-0.15, -0.1) is 0 Å². The largest absolute Gasteiger partial charge is 0.473 e. The molecule has 0 atom stereocenters. The molecule has 0 unspecified atom stereocenters. The van der Waals surface area contributed by atoms with E-state index in [2.05, 4.69) is 16.9 Å². The van der Waals surface area contributed by atoms with Gasteiger partial charge in [-0.2, -0.15) is 0 Å². The Balaban J connectivity index is 1.43. The van der Waals surface area contributed by atoms with Crippen LogP contribution >= 0.6 is 0 Å². The lowest BCUT2D eigenvalue weighted by molar-refractivity contribution is 0.0970. The van der Waals surface area contributed by atoms with Gasteiger partial charge in [0.25, 0.3) is 5.56 Å². The Morgan fingerprint density at radius 2 is 1.93 bits per heavy atom. The normalized spacial score (nSPS) is 13.7. The van der Waals surface area contributed by atoms with Gasteiger partial charge in [-0.1, -0.05) is 42.5 Å². The molecule has 0 aliphatic carbocycles. The summed E-state index contributed by atoms with van der Waals surface area (Å²) in [7, 11) is 2.07. The van der Waals surface area contributed by atoms with Crippen molar-refractivity contribution >= 4 is 5.78 Å². The first kappa shape index (κ1) is 19.1. The lowest BCUT2D eigenvalue weighted by atomic mass is 9.96. The van der Waals surface area contributed by atoms with E-state index in [4.69, 9.17) is 4.74 Å². The number of aromatic nitrogens is 2. The minimum atomic E-state index is -0.311. The van der Waals surface area contributed by atoms with Crippen molar-refractivity contribution in [3.63, 3.8) is 0 Å². The fourth-order valence-electron chi connectivity index (χ4n) is 3.46. The molecule has 0 N–H and O–H groups in total. The number of likely N-dealkylation sites (N-methyl/N-ethyl adjacent to an activating group) is 1. The number of fused-ring (bicyclic) bond motifs is 1. The summed E-state index contributed by atoms with van der Waals surface area (Å²) in [5, 5.41) is 0. The minimum Gasteiger partial charge on any atom is -0.473 e. The molecule has 3 aromatic rings. The predicted octanol–water partition coefficient (Wildman–Crippen LogP) is 2.69. The first-order valence-corrected chi connectivity index (χ1v) is 9.65. The number of carbonyl (C=O) groups excluding carboxylic acids is 1. The molecule has 6 nitrogen and oxygen atoms in total. The molecule has 4 rings (SSSR count). The molecule has 2 aromatic carbocycles. The maximum atomic E-state index is 12.7. The summed E-state index contributed by atoms with van der Waals surface area (Å²) in [4.78, 5) is 31.5. The standard InChI is InChI=1S/C23H23N3O3/c1-25-10-9-18-7-8-19(11-20(18)13-25)21(27)14-26-16-24-22(12-23(26)28)29-15-17-5-3-2-4-6-17/h2-8,11-12,16H,9-10,13-15H2,1H3. The van der Waals surface area contributed by atoms with Crippen LogP contribution in [-0.2, 0) is 26.1 Å². The molecule has 0 spiro atoms. The summed E-state index contributed by atoms with van der Waals surface area (Å²) in [6.07, 6.45) is 2.36. The van der Waals surface area contributed by atoms with Gasteiger partial charge in [0.05, 0.1) is 12.6 Å². The zero-order valence-electron chi connectivity index (χ0n) is 16.4. The van der Waals surface area contributed by atoms with Gasteiger partial charge in [-0.25, -0.2) is 4.98 Å². The van der Waals surface area contributed by atoms with Crippen LogP contribution in [0.25, 0.3) is 0 Å². The van der Waals surface area contributed by atoms with Crippen LogP contribution in [0.3, 0.4) is 0 Å². The molecule has 0 radical (unpaired) electrons. The molecule has 2 heterocycles. The van der Waals surface area contributed by atoms with E-state index in [1.165, 1.54) is 28.1 Å². The first-order chi connectivity index (χ1) is 14.1. The van der Waals surface area contributed by atoms with Crippen LogP contribution in [0.2, 0.25) is 0 Å². The second kappa shape index (κ2) is 8.41. The second-order valence-electron chi connectivity index (χ2n) is 7.36. The van der Waals surface area contributed by atoms with Gasteiger partial charge in [-0.05, 0) is 36.2 Å². The van der Waals surface area contributed by atoms with Crippen molar-refractivity contribution in [3.8, 4) is 5.88 Å². The monoisotopic (exact) mass is 389 g/mol. The summed E-state index contributed by atoms with van der Waals surface area (Å²) in [6, 6.07) is 16.8. The van der Waals surface area contributed by atoms with Crippen molar-refractivity contribution in [2.45, 2.75) is 26.1 Å². The minimum absolute atomic E-state index is 0.0422. The zero-order valence-corrected chi connectivity index (χ0v) is 16.4. The molecule has 1 aliphatic heterocycles. The number of hydrogen-bond donors (Lipinski definition) is 0. The van der Waals surface area contributed by atoms with Gasteiger partial charge in [0.2, 0.25) is 5.88 Å². The quantitative estimate of drug-likeness (QED) is 0.607. The van der Waals surface area contributed by atoms with Crippen molar-refractivity contribution in [1.29, 1.82) is 0 Å². The van der Waals surface area contributed by atoms with Crippen molar-refractivity contribution in [2.75, 3.05) is 13.6 Å². The molecule has 29 heavy (non-hydrogen) atoms. The Morgan fingerprint density at radius 3 is 2.72 bits per heavy atom. The van der Waals surface area contributed by atoms with E-state index in [1.807, 2.05) is 48.5 Å². The van der Waals surface area contributed by atoms with Crippen LogP contribution in [0.1, 0.15) is 27.0 Å². The molecule has 1 aromatic heterocycles. The predicted molar refractivity (Wildman–Crippen MR) is 110 cm³/mol. The maximum absolute atomic E-state index is 12.7. The Hall–Kier alpha value is -3.25. The van der Waals surface area contributed by atoms with Crippen LogP contribution in [0, 0.1) is 0 Å². The van der Waals surface area contributed by atoms with Crippen molar-refractivity contribution in [3.05, 3.63) is 93.5 Å². The fraction of sp³-hybridized carbons (Fsp3) is 0.261.